The maximum absolute atomic E-state index is 9.71. The SMILES string of the molecule is COc1cc(C=NNc2nc(N3CCOCC3)nc(N3CCOCC3)n2)ccc1O. The van der Waals surface area contributed by atoms with E-state index in [0.717, 1.165) is 31.7 Å². The van der Waals surface area contributed by atoms with Gasteiger partial charge in [-0.15, -0.1) is 0 Å². The smallest absolute Gasteiger partial charge is 0.250 e. The van der Waals surface area contributed by atoms with E-state index < -0.39 is 0 Å². The fourth-order valence-electron chi connectivity index (χ4n) is 3.15. The second-order valence-corrected chi connectivity index (χ2v) is 6.76. The highest BCUT2D eigenvalue weighted by molar-refractivity contribution is 5.81. The van der Waals surface area contributed by atoms with E-state index in [9.17, 15) is 5.11 Å². The van der Waals surface area contributed by atoms with Crippen LogP contribution in [0.15, 0.2) is 23.3 Å². The topological polar surface area (TPSA) is 117 Å². The van der Waals surface area contributed by atoms with Crippen LogP contribution in [0.5, 0.6) is 11.5 Å². The second-order valence-electron chi connectivity index (χ2n) is 6.76. The molecule has 0 radical (unpaired) electrons. The Balaban J connectivity index is 1.54. The summed E-state index contributed by atoms with van der Waals surface area (Å²) in [7, 11) is 1.50. The average molecular weight is 415 g/mol. The Morgan fingerprint density at radius 1 is 1.00 bits per heavy atom. The van der Waals surface area contributed by atoms with Gasteiger partial charge in [-0.05, 0) is 23.8 Å². The molecule has 0 bridgehead atoms. The number of phenols is 1. The van der Waals surface area contributed by atoms with Gasteiger partial charge >= 0.3 is 0 Å². The summed E-state index contributed by atoms with van der Waals surface area (Å²) in [5, 5.41) is 13.9. The summed E-state index contributed by atoms with van der Waals surface area (Å²) in [5.74, 6) is 2.00. The first-order valence-corrected chi connectivity index (χ1v) is 9.80. The van der Waals surface area contributed by atoms with Crippen LogP contribution in [0, 0.1) is 0 Å². The highest BCUT2D eigenvalue weighted by atomic mass is 16.5. The fourth-order valence-corrected chi connectivity index (χ4v) is 3.15. The van der Waals surface area contributed by atoms with Gasteiger partial charge in [-0.3, -0.25) is 0 Å². The van der Waals surface area contributed by atoms with Crippen LogP contribution in [-0.2, 0) is 9.47 Å². The molecule has 2 saturated heterocycles. The Labute approximate surface area is 174 Å². The summed E-state index contributed by atoms with van der Waals surface area (Å²) >= 11 is 0. The molecule has 4 rings (SSSR count). The molecule has 0 saturated carbocycles. The predicted molar refractivity (Wildman–Crippen MR) is 112 cm³/mol. The summed E-state index contributed by atoms with van der Waals surface area (Å²) in [6, 6.07) is 4.97. The maximum atomic E-state index is 9.71. The van der Waals surface area contributed by atoms with Crippen LogP contribution in [-0.4, -0.2) is 86.0 Å². The molecule has 2 aliphatic heterocycles. The van der Waals surface area contributed by atoms with Crippen LogP contribution in [0.4, 0.5) is 17.8 Å². The number of hydrogen-bond acceptors (Lipinski definition) is 11. The lowest BCUT2D eigenvalue weighted by Crippen LogP contribution is -2.40. The molecule has 0 atom stereocenters. The van der Waals surface area contributed by atoms with Gasteiger partial charge in [0.05, 0.1) is 39.8 Å². The van der Waals surface area contributed by atoms with Gasteiger partial charge in [-0.1, -0.05) is 0 Å². The van der Waals surface area contributed by atoms with Crippen molar-refractivity contribution < 1.29 is 19.3 Å². The predicted octanol–water partition coefficient (Wildman–Crippen LogP) is 0.705. The van der Waals surface area contributed by atoms with Crippen molar-refractivity contribution in [2.24, 2.45) is 5.10 Å². The van der Waals surface area contributed by atoms with Crippen molar-refractivity contribution in [3.05, 3.63) is 23.8 Å². The van der Waals surface area contributed by atoms with Crippen LogP contribution in [0.25, 0.3) is 0 Å². The molecule has 0 aliphatic carbocycles. The number of benzene rings is 1. The van der Waals surface area contributed by atoms with E-state index in [2.05, 4.69) is 35.3 Å². The maximum Gasteiger partial charge on any atom is 0.250 e. The molecule has 3 heterocycles. The molecule has 0 amide bonds. The molecule has 0 spiro atoms. The standard InChI is InChI=1S/C19H25N7O4/c1-28-16-12-14(2-3-15(16)27)13-20-24-17-21-18(25-4-8-29-9-5-25)23-19(22-17)26-6-10-30-11-7-26/h2-3,12-13,27H,4-11H2,1H3,(H,21,22,23,24). The Bertz CT molecular complexity index is 847. The van der Waals surface area contributed by atoms with Crippen molar-refractivity contribution in [1.29, 1.82) is 0 Å². The van der Waals surface area contributed by atoms with Crippen molar-refractivity contribution in [1.82, 2.24) is 15.0 Å². The average Bonchev–Trinajstić information content (AvgIpc) is 2.81. The number of nitrogens with one attached hydrogen (secondary N) is 1. The minimum Gasteiger partial charge on any atom is -0.504 e. The lowest BCUT2D eigenvalue weighted by Gasteiger charge is -2.30. The number of nitrogens with zero attached hydrogens (tertiary/aromatic N) is 6. The zero-order valence-corrected chi connectivity index (χ0v) is 16.8. The van der Waals surface area contributed by atoms with Crippen molar-refractivity contribution in [2.45, 2.75) is 0 Å². The van der Waals surface area contributed by atoms with E-state index in [-0.39, 0.29) is 5.75 Å². The quantitative estimate of drug-likeness (QED) is 0.516. The van der Waals surface area contributed by atoms with E-state index in [4.69, 9.17) is 14.2 Å². The van der Waals surface area contributed by atoms with Gasteiger partial charge in [0.15, 0.2) is 11.5 Å². The van der Waals surface area contributed by atoms with Gasteiger partial charge in [0.1, 0.15) is 0 Å². The zero-order valence-electron chi connectivity index (χ0n) is 16.8. The van der Waals surface area contributed by atoms with Crippen LogP contribution in [0.1, 0.15) is 5.56 Å². The van der Waals surface area contributed by atoms with Crippen LogP contribution in [0.3, 0.4) is 0 Å². The molecule has 2 fully saturated rings. The number of morpholine rings is 2. The van der Waals surface area contributed by atoms with E-state index in [1.807, 2.05) is 0 Å². The molecule has 0 unspecified atom stereocenters. The number of aromatic hydroxyl groups is 1. The minimum absolute atomic E-state index is 0.0744. The Kier molecular flexibility index (Phi) is 6.40. The highest BCUT2D eigenvalue weighted by Crippen LogP contribution is 2.25. The van der Waals surface area contributed by atoms with Gasteiger partial charge in [0.25, 0.3) is 0 Å². The molecule has 1 aromatic carbocycles. The largest absolute Gasteiger partial charge is 0.504 e. The molecule has 2 aliphatic rings. The summed E-state index contributed by atoms with van der Waals surface area (Å²) in [4.78, 5) is 17.9. The Morgan fingerprint density at radius 3 is 2.17 bits per heavy atom. The van der Waals surface area contributed by atoms with Gasteiger partial charge in [-0.2, -0.15) is 20.1 Å². The molecule has 11 heteroatoms. The first kappa shape index (κ1) is 20.1. The monoisotopic (exact) mass is 415 g/mol. The number of ether oxygens (including phenoxy) is 3. The minimum atomic E-state index is 0.0744. The molecule has 2 aromatic rings. The third-order valence-corrected chi connectivity index (χ3v) is 4.78. The van der Waals surface area contributed by atoms with Crippen molar-refractivity contribution in [2.75, 3.05) is 74.9 Å². The fraction of sp³-hybridized carbons (Fsp3) is 0.474. The number of rotatable bonds is 6. The zero-order chi connectivity index (χ0) is 20.8. The lowest BCUT2D eigenvalue weighted by molar-refractivity contribution is 0.121. The second kappa shape index (κ2) is 9.55. The van der Waals surface area contributed by atoms with Gasteiger partial charge in [0, 0.05) is 26.2 Å². The molecule has 2 N–H and O–H groups in total. The molecule has 160 valence electrons. The van der Waals surface area contributed by atoms with E-state index in [1.54, 1.807) is 24.4 Å². The summed E-state index contributed by atoms with van der Waals surface area (Å²) in [6.07, 6.45) is 1.61. The number of aromatic nitrogens is 3. The van der Waals surface area contributed by atoms with Gasteiger partial charge in [-0.25, -0.2) is 5.43 Å². The van der Waals surface area contributed by atoms with Crippen LogP contribution >= 0.6 is 0 Å². The van der Waals surface area contributed by atoms with Crippen molar-refractivity contribution in [3.63, 3.8) is 0 Å². The summed E-state index contributed by atoms with van der Waals surface area (Å²) in [6.45, 7) is 5.46. The van der Waals surface area contributed by atoms with Gasteiger partial charge < -0.3 is 29.1 Å². The number of anilines is 3. The van der Waals surface area contributed by atoms with Gasteiger partial charge in [0.2, 0.25) is 17.8 Å². The lowest BCUT2D eigenvalue weighted by atomic mass is 10.2. The first-order chi connectivity index (χ1) is 14.7. The summed E-state index contributed by atoms with van der Waals surface area (Å²) < 4.78 is 16.0. The third-order valence-electron chi connectivity index (χ3n) is 4.78. The van der Waals surface area contributed by atoms with Crippen LogP contribution < -0.4 is 20.0 Å². The number of hydrazone groups is 1. The molecule has 1 aromatic heterocycles. The number of phenolic OH excluding ortho intramolecular Hbond substituents is 1. The first-order valence-electron chi connectivity index (χ1n) is 9.80. The van der Waals surface area contributed by atoms with E-state index in [0.29, 0.717) is 50.0 Å². The Hall–Kier alpha value is -3.18. The van der Waals surface area contributed by atoms with Crippen molar-refractivity contribution >= 4 is 24.1 Å². The van der Waals surface area contributed by atoms with E-state index >= 15 is 0 Å². The normalized spacial score (nSPS) is 17.4. The molecular formula is C19H25N7O4. The Morgan fingerprint density at radius 2 is 1.60 bits per heavy atom. The molecule has 11 nitrogen and oxygen atoms in total. The number of hydrogen-bond donors (Lipinski definition) is 2. The third kappa shape index (κ3) is 4.86. The van der Waals surface area contributed by atoms with E-state index in [1.165, 1.54) is 7.11 Å². The molecule has 30 heavy (non-hydrogen) atoms. The van der Waals surface area contributed by atoms with Crippen LogP contribution in [0.2, 0.25) is 0 Å². The number of methoxy groups -OCH3 is 1. The summed E-state index contributed by atoms with van der Waals surface area (Å²) in [5.41, 5.74) is 3.65. The highest BCUT2D eigenvalue weighted by Gasteiger charge is 2.20. The molecular weight excluding hydrogens is 390 g/mol. The van der Waals surface area contributed by atoms with Crippen molar-refractivity contribution in [3.8, 4) is 11.5 Å².